The summed E-state index contributed by atoms with van der Waals surface area (Å²) in [6.45, 7) is 7.78. The van der Waals surface area contributed by atoms with E-state index in [0.29, 0.717) is 23.5 Å². The Balaban J connectivity index is 1.44. The van der Waals surface area contributed by atoms with Gasteiger partial charge in [0.1, 0.15) is 30.0 Å². The smallest absolute Gasteiger partial charge is 0.187 e. The van der Waals surface area contributed by atoms with Crippen LogP contribution in [-0.4, -0.2) is 41.4 Å². The number of aromatic hydroxyl groups is 2. The van der Waals surface area contributed by atoms with Gasteiger partial charge >= 0.3 is 0 Å². The number of phenols is 2. The number of rotatable bonds is 6. The van der Waals surface area contributed by atoms with Gasteiger partial charge < -0.3 is 19.7 Å². The Kier molecular flexibility index (Phi) is 6.58. The quantitative estimate of drug-likeness (QED) is 0.431. The second-order valence-electron chi connectivity index (χ2n) is 9.62. The Morgan fingerprint density at radius 3 is 2.42 bits per heavy atom. The minimum absolute atomic E-state index is 0.0571. The summed E-state index contributed by atoms with van der Waals surface area (Å²) in [6, 6.07) is 14.4. The lowest BCUT2D eigenvalue weighted by Gasteiger charge is -2.31. The van der Waals surface area contributed by atoms with E-state index < -0.39 is 23.5 Å². The van der Waals surface area contributed by atoms with Gasteiger partial charge in [0.15, 0.2) is 17.4 Å². The summed E-state index contributed by atoms with van der Waals surface area (Å²) in [5.41, 5.74) is 3.06. The minimum Gasteiger partial charge on any atom is -0.508 e. The number of nitrogens with zero attached hydrogens (tertiary/aromatic N) is 1. The van der Waals surface area contributed by atoms with Crippen molar-refractivity contribution in [3.63, 3.8) is 0 Å². The number of hydrogen-bond donors (Lipinski definition) is 2. The zero-order chi connectivity index (χ0) is 25.4. The molecule has 0 unspecified atom stereocenters. The summed E-state index contributed by atoms with van der Waals surface area (Å²) in [7, 11) is 0. The first-order valence-electron chi connectivity index (χ1n) is 12.1. The van der Waals surface area contributed by atoms with Crippen LogP contribution < -0.4 is 9.47 Å². The lowest BCUT2D eigenvalue weighted by Crippen LogP contribution is -2.25. The van der Waals surface area contributed by atoms with Crippen molar-refractivity contribution in [2.75, 3.05) is 26.2 Å². The van der Waals surface area contributed by atoms with Crippen LogP contribution in [0.25, 0.3) is 11.1 Å². The third-order valence-corrected chi connectivity index (χ3v) is 6.98. The number of benzene rings is 3. The second kappa shape index (κ2) is 9.82. The number of halogens is 2. The molecular weight excluding hydrogens is 464 g/mol. The molecule has 5 rings (SSSR count). The summed E-state index contributed by atoms with van der Waals surface area (Å²) in [6.07, 6.45) is 0.531. The van der Waals surface area contributed by atoms with Crippen LogP contribution in [0.5, 0.6) is 23.0 Å². The maximum absolute atomic E-state index is 14.3. The van der Waals surface area contributed by atoms with Gasteiger partial charge in [-0.15, -0.1) is 0 Å². The van der Waals surface area contributed by atoms with Crippen LogP contribution >= 0.6 is 0 Å². The Bertz CT molecular complexity index is 1280. The molecule has 2 heterocycles. The highest BCUT2D eigenvalue weighted by molar-refractivity contribution is 5.95. The first-order valence-corrected chi connectivity index (χ1v) is 12.1. The van der Waals surface area contributed by atoms with Gasteiger partial charge in [-0.05, 0) is 78.9 Å². The molecule has 0 spiro atoms. The molecule has 0 saturated carbocycles. The van der Waals surface area contributed by atoms with Gasteiger partial charge in [-0.25, -0.2) is 8.78 Å². The van der Waals surface area contributed by atoms with E-state index in [-0.39, 0.29) is 11.3 Å². The average molecular weight is 494 g/mol. The molecule has 2 N–H and O–H groups in total. The number of fused-ring (bicyclic) bond motifs is 1. The van der Waals surface area contributed by atoms with Crippen molar-refractivity contribution in [2.45, 2.75) is 26.4 Å². The molecule has 1 saturated heterocycles. The zero-order valence-corrected chi connectivity index (χ0v) is 20.3. The monoisotopic (exact) mass is 493 g/mol. The van der Waals surface area contributed by atoms with Crippen LogP contribution in [0.4, 0.5) is 8.78 Å². The van der Waals surface area contributed by atoms with E-state index in [0.717, 1.165) is 54.6 Å². The molecule has 0 amide bonds. The highest BCUT2D eigenvalue weighted by Gasteiger charge is 2.30. The Labute approximate surface area is 209 Å². The largest absolute Gasteiger partial charge is 0.508 e. The van der Waals surface area contributed by atoms with Gasteiger partial charge in [0.25, 0.3) is 0 Å². The number of ether oxygens (including phenoxy) is 2. The van der Waals surface area contributed by atoms with Gasteiger partial charge in [0, 0.05) is 30.3 Å². The molecule has 3 aromatic rings. The SMILES string of the molecule is CC1=C(c2cc(F)c(O)c(F)c2)[C@@H](c2ccc(OCCN3CC[C@@H](C)C3)cc2)Oc2cc(O)ccc21. The van der Waals surface area contributed by atoms with Crippen LogP contribution in [0.3, 0.4) is 0 Å². The fourth-order valence-electron chi connectivity index (χ4n) is 5.03. The van der Waals surface area contributed by atoms with Crippen LogP contribution in [-0.2, 0) is 0 Å². The Hall–Kier alpha value is -3.58. The Morgan fingerprint density at radius 2 is 1.75 bits per heavy atom. The molecule has 0 bridgehead atoms. The summed E-state index contributed by atoms with van der Waals surface area (Å²) in [5.74, 6) is -1.12. The molecule has 2 aliphatic rings. The second-order valence-corrected chi connectivity index (χ2v) is 9.62. The molecule has 0 aromatic heterocycles. The van der Waals surface area contributed by atoms with E-state index >= 15 is 0 Å². The van der Waals surface area contributed by atoms with Gasteiger partial charge in [-0.2, -0.15) is 0 Å². The van der Waals surface area contributed by atoms with Crippen molar-refractivity contribution in [2.24, 2.45) is 5.92 Å². The van der Waals surface area contributed by atoms with E-state index in [1.54, 1.807) is 6.07 Å². The van der Waals surface area contributed by atoms with Crippen LogP contribution in [0, 0.1) is 17.6 Å². The van der Waals surface area contributed by atoms with Crippen molar-refractivity contribution >= 4 is 11.1 Å². The molecule has 3 aromatic carbocycles. The van der Waals surface area contributed by atoms with E-state index in [2.05, 4.69) is 11.8 Å². The van der Waals surface area contributed by atoms with Gasteiger partial charge in [0.2, 0.25) is 0 Å². The Morgan fingerprint density at radius 1 is 1.03 bits per heavy atom. The fourth-order valence-corrected chi connectivity index (χ4v) is 5.03. The predicted octanol–water partition coefficient (Wildman–Crippen LogP) is 6.16. The number of phenolic OH excluding ortho intramolecular Hbond substituents is 2. The molecule has 7 heteroatoms. The summed E-state index contributed by atoms with van der Waals surface area (Å²) in [4.78, 5) is 2.40. The normalized spacial score (nSPS) is 19.8. The lowest BCUT2D eigenvalue weighted by molar-refractivity contribution is 0.233. The summed E-state index contributed by atoms with van der Waals surface area (Å²) < 4.78 is 40.8. The minimum atomic E-state index is -1.04. The molecule has 2 aliphatic heterocycles. The number of allylic oxidation sites excluding steroid dienone is 1. The van der Waals surface area contributed by atoms with Crippen molar-refractivity contribution in [3.8, 4) is 23.0 Å². The van der Waals surface area contributed by atoms with Crippen LogP contribution in [0.1, 0.15) is 43.1 Å². The molecule has 0 aliphatic carbocycles. The lowest BCUT2D eigenvalue weighted by atomic mass is 9.86. The molecule has 0 radical (unpaired) electrons. The van der Waals surface area contributed by atoms with Crippen molar-refractivity contribution in [1.29, 1.82) is 0 Å². The molecule has 36 heavy (non-hydrogen) atoms. The van der Waals surface area contributed by atoms with Gasteiger partial charge in [-0.1, -0.05) is 19.1 Å². The van der Waals surface area contributed by atoms with Crippen LogP contribution in [0.15, 0.2) is 54.6 Å². The highest BCUT2D eigenvalue weighted by atomic mass is 19.1. The fraction of sp³-hybridized carbons (Fsp3) is 0.310. The maximum atomic E-state index is 14.3. The first-order chi connectivity index (χ1) is 17.3. The van der Waals surface area contributed by atoms with E-state index in [4.69, 9.17) is 9.47 Å². The molecule has 2 atom stereocenters. The van der Waals surface area contributed by atoms with E-state index in [1.165, 1.54) is 18.6 Å². The predicted molar refractivity (Wildman–Crippen MR) is 134 cm³/mol. The standard InChI is InChI=1S/C29H29F2NO4/c1-17-9-10-32(16-17)11-12-35-22-6-3-19(4-7-22)29-27(20-13-24(30)28(34)25(31)14-20)18(2)23-8-5-21(33)15-26(23)36-29/h3-8,13-15,17,29,33-34H,9-12,16H2,1-2H3/t17-,29-/m1/s1. The van der Waals surface area contributed by atoms with Crippen molar-refractivity contribution < 1.29 is 28.5 Å². The molecule has 1 fully saturated rings. The third-order valence-electron chi connectivity index (χ3n) is 6.98. The van der Waals surface area contributed by atoms with Gasteiger partial charge in [0.05, 0.1) is 0 Å². The summed E-state index contributed by atoms with van der Waals surface area (Å²) in [5, 5.41) is 19.6. The third kappa shape index (κ3) is 4.75. The topological polar surface area (TPSA) is 62.2 Å². The van der Waals surface area contributed by atoms with Gasteiger partial charge in [-0.3, -0.25) is 4.90 Å². The average Bonchev–Trinajstić information content (AvgIpc) is 3.27. The highest BCUT2D eigenvalue weighted by Crippen LogP contribution is 2.48. The van der Waals surface area contributed by atoms with Crippen molar-refractivity contribution in [1.82, 2.24) is 4.90 Å². The molecule has 5 nitrogen and oxygen atoms in total. The zero-order valence-electron chi connectivity index (χ0n) is 20.3. The molecule has 188 valence electrons. The van der Waals surface area contributed by atoms with E-state index in [1.807, 2.05) is 31.2 Å². The number of hydrogen-bond acceptors (Lipinski definition) is 5. The summed E-state index contributed by atoms with van der Waals surface area (Å²) >= 11 is 0. The maximum Gasteiger partial charge on any atom is 0.187 e. The molecular formula is C29H29F2NO4. The van der Waals surface area contributed by atoms with Crippen LogP contribution in [0.2, 0.25) is 0 Å². The van der Waals surface area contributed by atoms with Crippen molar-refractivity contribution in [3.05, 3.63) is 82.9 Å². The number of likely N-dealkylation sites (tertiary alicyclic amines) is 1. The first kappa shape index (κ1) is 24.1. The van der Waals surface area contributed by atoms with E-state index in [9.17, 15) is 19.0 Å².